The van der Waals surface area contributed by atoms with Gasteiger partial charge in [-0.15, -0.1) is 11.3 Å². The SMILES string of the molecule is COc1ccc(C(O)=C2C(=O)C(=O)N(Cc3cccnc3)C2c2cccs2)cc1F. The molecule has 2 aromatic heterocycles. The Morgan fingerprint density at radius 2 is 2.10 bits per heavy atom. The van der Waals surface area contributed by atoms with Gasteiger partial charge in [-0.1, -0.05) is 12.1 Å². The summed E-state index contributed by atoms with van der Waals surface area (Å²) < 4.78 is 19.1. The van der Waals surface area contributed by atoms with Gasteiger partial charge in [0, 0.05) is 29.4 Å². The first-order valence-corrected chi connectivity index (χ1v) is 9.94. The summed E-state index contributed by atoms with van der Waals surface area (Å²) in [6, 6.07) is 10.2. The van der Waals surface area contributed by atoms with Gasteiger partial charge in [0.2, 0.25) is 0 Å². The molecule has 1 saturated heterocycles. The second kappa shape index (κ2) is 8.08. The average Bonchev–Trinajstić information content (AvgIpc) is 3.37. The highest BCUT2D eigenvalue weighted by molar-refractivity contribution is 7.10. The van der Waals surface area contributed by atoms with E-state index in [4.69, 9.17) is 4.74 Å². The number of likely N-dealkylation sites (tertiary alicyclic amines) is 1. The molecule has 0 bridgehead atoms. The molecule has 0 radical (unpaired) electrons. The molecular formula is C22H17FN2O4S. The molecule has 1 aromatic carbocycles. The number of hydrogen-bond acceptors (Lipinski definition) is 6. The van der Waals surface area contributed by atoms with Crippen LogP contribution in [0.4, 0.5) is 4.39 Å². The quantitative estimate of drug-likeness (QED) is 0.382. The van der Waals surface area contributed by atoms with Crippen molar-refractivity contribution in [2.75, 3.05) is 7.11 Å². The Hall–Kier alpha value is -3.52. The molecule has 1 N–H and O–H groups in total. The summed E-state index contributed by atoms with van der Waals surface area (Å²) >= 11 is 1.36. The van der Waals surface area contributed by atoms with Gasteiger partial charge in [-0.2, -0.15) is 0 Å². The van der Waals surface area contributed by atoms with Gasteiger partial charge in [0.05, 0.1) is 18.7 Å². The van der Waals surface area contributed by atoms with Crippen LogP contribution in [0.25, 0.3) is 5.76 Å². The summed E-state index contributed by atoms with van der Waals surface area (Å²) in [6.07, 6.45) is 3.23. The number of carbonyl (C=O) groups excluding carboxylic acids is 2. The highest BCUT2D eigenvalue weighted by Crippen LogP contribution is 2.42. The topological polar surface area (TPSA) is 79.7 Å². The van der Waals surface area contributed by atoms with Gasteiger partial charge in [-0.3, -0.25) is 14.6 Å². The van der Waals surface area contributed by atoms with Crippen LogP contribution in [0.3, 0.4) is 0 Å². The van der Waals surface area contributed by atoms with Crippen molar-refractivity contribution in [3.8, 4) is 5.75 Å². The van der Waals surface area contributed by atoms with Crippen LogP contribution in [0.2, 0.25) is 0 Å². The van der Waals surface area contributed by atoms with Gasteiger partial charge in [0.25, 0.3) is 11.7 Å². The fraction of sp³-hybridized carbons (Fsp3) is 0.136. The third kappa shape index (κ3) is 3.46. The third-order valence-electron chi connectivity index (χ3n) is 4.85. The molecule has 1 fully saturated rings. The lowest BCUT2D eigenvalue weighted by atomic mass is 9.99. The van der Waals surface area contributed by atoms with E-state index >= 15 is 0 Å². The normalized spacial score (nSPS) is 18.1. The monoisotopic (exact) mass is 424 g/mol. The van der Waals surface area contributed by atoms with Gasteiger partial charge >= 0.3 is 0 Å². The largest absolute Gasteiger partial charge is 0.507 e. The summed E-state index contributed by atoms with van der Waals surface area (Å²) in [5.41, 5.74) is 0.765. The predicted octanol–water partition coefficient (Wildman–Crippen LogP) is 3.91. The number of pyridine rings is 1. The Bertz CT molecular complexity index is 1130. The summed E-state index contributed by atoms with van der Waals surface area (Å²) in [4.78, 5) is 31.9. The molecule has 1 aliphatic rings. The van der Waals surface area contributed by atoms with Crippen LogP contribution in [0, 0.1) is 5.82 Å². The lowest BCUT2D eigenvalue weighted by molar-refractivity contribution is -0.140. The second-order valence-electron chi connectivity index (χ2n) is 6.65. The lowest BCUT2D eigenvalue weighted by Gasteiger charge is -2.24. The van der Waals surface area contributed by atoms with Crippen LogP contribution >= 0.6 is 11.3 Å². The van der Waals surface area contributed by atoms with E-state index < -0.39 is 29.3 Å². The van der Waals surface area contributed by atoms with Gasteiger partial charge in [0.1, 0.15) is 5.76 Å². The van der Waals surface area contributed by atoms with E-state index in [1.54, 1.807) is 36.7 Å². The van der Waals surface area contributed by atoms with E-state index in [2.05, 4.69) is 4.98 Å². The first-order valence-electron chi connectivity index (χ1n) is 9.06. The Balaban J connectivity index is 1.83. The lowest BCUT2D eigenvalue weighted by Crippen LogP contribution is -2.28. The fourth-order valence-electron chi connectivity index (χ4n) is 3.44. The van der Waals surface area contributed by atoms with Crippen molar-refractivity contribution in [3.05, 3.63) is 87.6 Å². The molecule has 3 heterocycles. The maximum Gasteiger partial charge on any atom is 0.295 e. The third-order valence-corrected chi connectivity index (χ3v) is 5.78. The number of amides is 1. The highest BCUT2D eigenvalue weighted by Gasteiger charge is 2.46. The van der Waals surface area contributed by atoms with E-state index in [0.29, 0.717) is 4.88 Å². The molecule has 3 aromatic rings. The molecule has 152 valence electrons. The van der Waals surface area contributed by atoms with Crippen molar-refractivity contribution in [1.82, 2.24) is 9.88 Å². The number of halogens is 1. The van der Waals surface area contributed by atoms with Gasteiger partial charge in [-0.05, 0) is 41.3 Å². The Labute approximate surface area is 175 Å². The van der Waals surface area contributed by atoms with E-state index in [0.717, 1.165) is 11.6 Å². The van der Waals surface area contributed by atoms with Crippen molar-refractivity contribution < 1.29 is 23.8 Å². The zero-order chi connectivity index (χ0) is 21.3. The van der Waals surface area contributed by atoms with Crippen molar-refractivity contribution >= 4 is 28.8 Å². The van der Waals surface area contributed by atoms with Crippen LogP contribution in [0.5, 0.6) is 5.75 Å². The summed E-state index contributed by atoms with van der Waals surface area (Å²) in [7, 11) is 1.33. The van der Waals surface area contributed by atoms with Crippen molar-refractivity contribution in [2.24, 2.45) is 0 Å². The zero-order valence-electron chi connectivity index (χ0n) is 15.9. The molecule has 1 unspecified atom stereocenters. The Kier molecular flexibility index (Phi) is 5.33. The maximum atomic E-state index is 14.2. The average molecular weight is 424 g/mol. The number of aliphatic hydroxyl groups is 1. The summed E-state index contributed by atoms with van der Waals surface area (Å²) in [6.45, 7) is 0.148. The zero-order valence-corrected chi connectivity index (χ0v) is 16.7. The van der Waals surface area contributed by atoms with Crippen molar-refractivity contribution in [1.29, 1.82) is 0 Å². The molecule has 0 aliphatic carbocycles. The standard InChI is InChI=1S/C22H17FN2O4S/c1-29-16-7-6-14(10-15(16)23)20(26)18-19(17-5-3-9-30-17)25(22(28)21(18)27)12-13-4-2-8-24-11-13/h2-11,19,26H,12H2,1H3. The van der Waals surface area contributed by atoms with Crippen LogP contribution in [0.1, 0.15) is 22.0 Å². The second-order valence-corrected chi connectivity index (χ2v) is 7.63. The Morgan fingerprint density at radius 3 is 2.73 bits per heavy atom. The first kappa shape index (κ1) is 19.8. The number of aromatic nitrogens is 1. The number of carbonyl (C=O) groups is 2. The molecule has 30 heavy (non-hydrogen) atoms. The number of Topliss-reactive ketones (excluding diaryl/α,β-unsaturated/α-hetero) is 1. The number of aliphatic hydroxyl groups excluding tert-OH is 1. The molecule has 1 aliphatic heterocycles. The molecular weight excluding hydrogens is 407 g/mol. The minimum atomic E-state index is -0.814. The van der Waals surface area contributed by atoms with Crippen LogP contribution in [0.15, 0.2) is 65.8 Å². The molecule has 1 amide bonds. The number of thiophene rings is 1. The van der Waals surface area contributed by atoms with E-state index in [-0.39, 0.29) is 23.4 Å². The van der Waals surface area contributed by atoms with Crippen LogP contribution in [-0.2, 0) is 16.1 Å². The number of hydrogen-bond donors (Lipinski definition) is 1. The number of methoxy groups -OCH3 is 1. The smallest absolute Gasteiger partial charge is 0.295 e. The van der Waals surface area contributed by atoms with Crippen LogP contribution in [-0.4, -0.2) is 33.8 Å². The van der Waals surface area contributed by atoms with E-state index in [9.17, 15) is 19.1 Å². The first-order chi connectivity index (χ1) is 14.5. The Morgan fingerprint density at radius 1 is 1.27 bits per heavy atom. The number of rotatable bonds is 5. The predicted molar refractivity (Wildman–Crippen MR) is 109 cm³/mol. The summed E-state index contributed by atoms with van der Waals surface area (Å²) in [5, 5.41) is 12.7. The van der Waals surface area contributed by atoms with Crippen LogP contribution < -0.4 is 4.74 Å². The van der Waals surface area contributed by atoms with E-state index in [1.165, 1.54) is 35.5 Å². The molecule has 1 atom stereocenters. The number of ketones is 1. The molecule has 4 rings (SSSR count). The van der Waals surface area contributed by atoms with Crippen molar-refractivity contribution in [2.45, 2.75) is 12.6 Å². The molecule has 0 saturated carbocycles. The van der Waals surface area contributed by atoms with Gasteiger partial charge in [0.15, 0.2) is 11.6 Å². The highest BCUT2D eigenvalue weighted by atomic mass is 32.1. The van der Waals surface area contributed by atoms with E-state index in [1.807, 2.05) is 5.38 Å². The van der Waals surface area contributed by atoms with Gasteiger partial charge in [-0.25, -0.2) is 4.39 Å². The number of nitrogens with zero attached hydrogens (tertiary/aromatic N) is 2. The minimum absolute atomic E-state index is 0.0124. The molecule has 8 heteroatoms. The minimum Gasteiger partial charge on any atom is -0.507 e. The van der Waals surface area contributed by atoms with Gasteiger partial charge < -0.3 is 14.7 Å². The number of benzene rings is 1. The molecule has 6 nitrogen and oxygen atoms in total. The number of ether oxygens (including phenoxy) is 1. The van der Waals surface area contributed by atoms with Crippen molar-refractivity contribution in [3.63, 3.8) is 0 Å². The maximum absolute atomic E-state index is 14.2. The fourth-order valence-corrected chi connectivity index (χ4v) is 4.29. The summed E-state index contributed by atoms with van der Waals surface area (Å²) in [5.74, 6) is -2.64. The molecule has 0 spiro atoms.